The fourth-order valence-electron chi connectivity index (χ4n) is 1.96. The summed E-state index contributed by atoms with van der Waals surface area (Å²) in [6.45, 7) is 2.43. The summed E-state index contributed by atoms with van der Waals surface area (Å²) in [6, 6.07) is 3.73. The molecule has 20 heavy (non-hydrogen) atoms. The molecule has 0 saturated carbocycles. The second-order valence-electron chi connectivity index (χ2n) is 4.81. The molecule has 1 aromatic rings. The highest BCUT2D eigenvalue weighted by atomic mass is 16.6. The third-order valence-electron chi connectivity index (χ3n) is 2.86. The Balaban J connectivity index is 2.56. The molecule has 1 amide bonds. The normalized spacial score (nSPS) is 16.3. The Morgan fingerprint density at radius 3 is 2.70 bits per heavy atom. The zero-order valence-corrected chi connectivity index (χ0v) is 10.8. The number of nitro groups is 1. The van der Waals surface area contributed by atoms with Gasteiger partial charge in [-0.05, 0) is 19.9 Å². The van der Waals surface area contributed by atoms with Crippen LogP contribution in [0, 0.1) is 10.1 Å². The van der Waals surface area contributed by atoms with Gasteiger partial charge >= 0.3 is 5.97 Å². The quantitative estimate of drug-likeness (QED) is 0.657. The van der Waals surface area contributed by atoms with Crippen molar-refractivity contribution in [1.82, 2.24) is 0 Å². The molecule has 1 aromatic carbocycles. The summed E-state index contributed by atoms with van der Waals surface area (Å²) in [7, 11) is 0. The van der Waals surface area contributed by atoms with E-state index in [2.05, 4.69) is 0 Å². The molecule has 2 rings (SSSR count). The van der Waals surface area contributed by atoms with Crippen molar-refractivity contribution in [2.24, 2.45) is 0 Å². The Hall–Kier alpha value is -2.64. The van der Waals surface area contributed by atoms with Gasteiger partial charge in [0.25, 0.3) is 11.6 Å². The fraction of sp³-hybridized carbons (Fsp3) is 0.333. The van der Waals surface area contributed by atoms with Gasteiger partial charge in [-0.15, -0.1) is 0 Å². The van der Waals surface area contributed by atoms with Crippen LogP contribution >= 0.6 is 0 Å². The molecule has 0 fully saturated rings. The lowest BCUT2D eigenvalue weighted by Crippen LogP contribution is -2.53. The molecule has 1 aliphatic rings. The first-order valence-electron chi connectivity index (χ1n) is 5.73. The number of rotatable bonds is 3. The highest BCUT2D eigenvalue weighted by molar-refractivity contribution is 6.05. The number of ether oxygens (including phenoxy) is 1. The number of carbonyl (C=O) groups excluding carboxylic acids is 1. The maximum atomic E-state index is 12.2. The summed E-state index contributed by atoms with van der Waals surface area (Å²) in [5.74, 6) is -1.54. The number of hydrogen-bond donors (Lipinski definition) is 1. The fourth-order valence-corrected chi connectivity index (χ4v) is 1.96. The molecule has 0 aliphatic carbocycles. The molecular weight excluding hydrogens is 268 g/mol. The van der Waals surface area contributed by atoms with Gasteiger partial charge in [0.05, 0.1) is 10.6 Å². The number of amides is 1. The highest BCUT2D eigenvalue weighted by Gasteiger charge is 2.42. The van der Waals surface area contributed by atoms with E-state index in [1.54, 1.807) is 0 Å². The molecule has 0 aromatic heterocycles. The van der Waals surface area contributed by atoms with E-state index >= 15 is 0 Å². The summed E-state index contributed by atoms with van der Waals surface area (Å²) in [6.07, 6.45) is 0. The van der Waals surface area contributed by atoms with Crippen molar-refractivity contribution in [3.63, 3.8) is 0 Å². The Morgan fingerprint density at radius 1 is 1.50 bits per heavy atom. The molecule has 0 saturated heterocycles. The molecule has 0 atom stereocenters. The minimum atomic E-state index is -1.22. The number of nitro benzene ring substituents is 1. The highest BCUT2D eigenvalue weighted by Crippen LogP contribution is 2.39. The van der Waals surface area contributed by atoms with Gasteiger partial charge in [0.1, 0.15) is 12.3 Å². The van der Waals surface area contributed by atoms with Crippen molar-refractivity contribution in [2.75, 3.05) is 11.4 Å². The van der Waals surface area contributed by atoms with Crippen LogP contribution in [0.15, 0.2) is 18.2 Å². The third-order valence-corrected chi connectivity index (χ3v) is 2.86. The first-order valence-corrected chi connectivity index (χ1v) is 5.73. The van der Waals surface area contributed by atoms with Gasteiger partial charge < -0.3 is 9.84 Å². The van der Waals surface area contributed by atoms with Crippen molar-refractivity contribution in [3.05, 3.63) is 28.3 Å². The van der Waals surface area contributed by atoms with Crippen LogP contribution in [0.2, 0.25) is 0 Å². The second kappa shape index (κ2) is 4.48. The van der Waals surface area contributed by atoms with E-state index < -0.39 is 28.9 Å². The van der Waals surface area contributed by atoms with Crippen molar-refractivity contribution in [2.45, 2.75) is 19.4 Å². The Morgan fingerprint density at radius 2 is 2.15 bits per heavy atom. The number of fused-ring (bicyclic) bond motifs is 1. The van der Waals surface area contributed by atoms with Crippen LogP contribution in [0.4, 0.5) is 11.4 Å². The van der Waals surface area contributed by atoms with Crippen LogP contribution < -0.4 is 9.64 Å². The van der Waals surface area contributed by atoms with E-state index in [-0.39, 0.29) is 17.1 Å². The van der Waals surface area contributed by atoms with Crippen molar-refractivity contribution in [3.8, 4) is 5.75 Å². The van der Waals surface area contributed by atoms with Gasteiger partial charge in [0.2, 0.25) is 0 Å². The lowest BCUT2D eigenvalue weighted by atomic mass is 10.0. The first kappa shape index (κ1) is 13.8. The average molecular weight is 280 g/mol. The number of carbonyl (C=O) groups is 2. The Bertz CT molecular complexity index is 610. The van der Waals surface area contributed by atoms with Crippen LogP contribution in [0.3, 0.4) is 0 Å². The molecule has 0 radical (unpaired) electrons. The molecule has 1 N–H and O–H groups in total. The molecule has 0 spiro atoms. The number of carboxylic acid groups (broad SMARTS) is 1. The standard InChI is InChI=1S/C12H12N2O6/c1-12(2)11(17)13(6-10(15)16)8-5-7(14(18)19)3-4-9(8)20-12/h3-5H,6H2,1-2H3,(H,15,16). The molecule has 0 unspecified atom stereocenters. The van der Waals surface area contributed by atoms with E-state index in [9.17, 15) is 19.7 Å². The molecule has 1 heterocycles. The van der Waals surface area contributed by atoms with Gasteiger partial charge in [0.15, 0.2) is 5.60 Å². The third kappa shape index (κ3) is 2.27. The summed E-state index contributed by atoms with van der Waals surface area (Å²) in [4.78, 5) is 34.2. The predicted molar refractivity (Wildman–Crippen MR) is 67.8 cm³/mol. The smallest absolute Gasteiger partial charge is 0.323 e. The minimum Gasteiger partial charge on any atom is -0.480 e. The van der Waals surface area contributed by atoms with Crippen LogP contribution in [-0.4, -0.2) is 34.1 Å². The number of anilines is 1. The van der Waals surface area contributed by atoms with Crippen LogP contribution in [-0.2, 0) is 9.59 Å². The summed E-state index contributed by atoms with van der Waals surface area (Å²) in [5.41, 5.74) is -1.38. The number of carboxylic acids is 1. The molecule has 8 heteroatoms. The van der Waals surface area contributed by atoms with Gasteiger partial charge in [-0.1, -0.05) is 0 Å². The van der Waals surface area contributed by atoms with Crippen LogP contribution in [0.25, 0.3) is 0 Å². The van der Waals surface area contributed by atoms with Gasteiger partial charge in [0, 0.05) is 12.1 Å². The van der Waals surface area contributed by atoms with Crippen LogP contribution in [0.1, 0.15) is 13.8 Å². The molecular formula is C12H12N2O6. The summed E-state index contributed by atoms with van der Waals surface area (Å²) >= 11 is 0. The van der Waals surface area contributed by atoms with Crippen LogP contribution in [0.5, 0.6) is 5.75 Å². The second-order valence-corrected chi connectivity index (χ2v) is 4.81. The van der Waals surface area contributed by atoms with Crippen molar-refractivity contribution < 1.29 is 24.4 Å². The van der Waals surface area contributed by atoms with Crippen molar-refractivity contribution >= 4 is 23.3 Å². The first-order chi connectivity index (χ1) is 9.22. The van der Waals surface area contributed by atoms with Crippen molar-refractivity contribution in [1.29, 1.82) is 0 Å². The largest absolute Gasteiger partial charge is 0.480 e. The van der Waals surface area contributed by atoms with E-state index in [0.717, 1.165) is 11.0 Å². The zero-order chi connectivity index (χ0) is 15.1. The number of aliphatic carboxylic acids is 1. The zero-order valence-electron chi connectivity index (χ0n) is 10.8. The molecule has 0 bridgehead atoms. The van der Waals surface area contributed by atoms with E-state index in [4.69, 9.17) is 9.84 Å². The molecule has 8 nitrogen and oxygen atoms in total. The lowest BCUT2D eigenvalue weighted by Gasteiger charge is -2.37. The number of hydrogen-bond acceptors (Lipinski definition) is 5. The van der Waals surface area contributed by atoms with E-state index in [1.165, 1.54) is 26.0 Å². The lowest BCUT2D eigenvalue weighted by molar-refractivity contribution is -0.384. The van der Waals surface area contributed by atoms with Gasteiger partial charge in [-0.3, -0.25) is 24.6 Å². The number of nitrogens with zero attached hydrogens (tertiary/aromatic N) is 2. The Kier molecular flexibility index (Phi) is 3.09. The maximum absolute atomic E-state index is 12.2. The van der Waals surface area contributed by atoms with E-state index in [1.807, 2.05) is 0 Å². The predicted octanol–water partition coefficient (Wildman–Crippen LogP) is 1.18. The van der Waals surface area contributed by atoms with Gasteiger partial charge in [-0.2, -0.15) is 0 Å². The maximum Gasteiger partial charge on any atom is 0.323 e. The van der Waals surface area contributed by atoms with Gasteiger partial charge in [-0.25, -0.2) is 0 Å². The monoisotopic (exact) mass is 280 g/mol. The minimum absolute atomic E-state index is 0.0888. The molecule has 1 aliphatic heterocycles. The SMILES string of the molecule is CC1(C)Oc2ccc([N+](=O)[O-])cc2N(CC(=O)O)C1=O. The number of non-ortho nitro benzene ring substituents is 1. The summed E-state index contributed by atoms with van der Waals surface area (Å²) in [5, 5.41) is 19.7. The number of benzene rings is 1. The molecule has 106 valence electrons. The summed E-state index contributed by atoms with van der Waals surface area (Å²) < 4.78 is 5.47. The average Bonchev–Trinajstić information content (AvgIpc) is 2.33. The Labute approximate surface area is 113 Å². The van der Waals surface area contributed by atoms with E-state index in [0.29, 0.717) is 0 Å². The topological polar surface area (TPSA) is 110 Å².